The minimum absolute atomic E-state index is 0.104. The molecule has 3 rings (SSSR count). The van der Waals surface area contributed by atoms with Crippen LogP contribution in [0.3, 0.4) is 0 Å². The molecule has 3 aliphatic rings. The molecule has 0 heterocycles. The molecule has 4 unspecified atom stereocenters. The summed E-state index contributed by atoms with van der Waals surface area (Å²) in [5.41, 5.74) is 0.255. The first-order chi connectivity index (χ1) is 11.8. The molecule has 5 heteroatoms. The molecule has 0 aromatic rings. The van der Waals surface area contributed by atoms with Crippen LogP contribution in [0.1, 0.15) is 78.6 Å². The Kier molecular flexibility index (Phi) is 6.64. The Balaban J connectivity index is 1.89. The highest BCUT2D eigenvalue weighted by Gasteiger charge is 2.58. The standard InChI is InChI=1S/C20H33NO4/c1-4-7-17(23)21-19-13(10-14-12-16(19)20(14,2)3)11-15(22)8-5-6-9-18(24)25/h13-14,16,19H,4-12H2,1-3H3,(H,21,23)(H,24,25). The van der Waals surface area contributed by atoms with Gasteiger partial charge in [0.1, 0.15) is 5.78 Å². The van der Waals surface area contributed by atoms with Crippen LogP contribution < -0.4 is 5.32 Å². The summed E-state index contributed by atoms with van der Waals surface area (Å²) in [5, 5.41) is 11.9. The van der Waals surface area contributed by atoms with Gasteiger partial charge < -0.3 is 10.4 Å². The van der Waals surface area contributed by atoms with Crippen LogP contribution in [-0.2, 0) is 14.4 Å². The minimum Gasteiger partial charge on any atom is -0.481 e. The zero-order chi connectivity index (χ0) is 18.6. The number of nitrogens with one attached hydrogen (secondary N) is 1. The fraction of sp³-hybridized carbons (Fsp3) is 0.850. The Morgan fingerprint density at radius 2 is 1.76 bits per heavy atom. The van der Waals surface area contributed by atoms with Crippen LogP contribution in [0.4, 0.5) is 0 Å². The molecule has 4 atom stereocenters. The first kappa shape index (κ1) is 19.9. The van der Waals surface area contributed by atoms with Crippen molar-refractivity contribution in [1.29, 1.82) is 0 Å². The van der Waals surface area contributed by atoms with E-state index < -0.39 is 5.97 Å². The molecule has 5 nitrogen and oxygen atoms in total. The van der Waals surface area contributed by atoms with Gasteiger partial charge in [-0.15, -0.1) is 0 Å². The Morgan fingerprint density at radius 3 is 2.36 bits per heavy atom. The molecule has 2 bridgehead atoms. The van der Waals surface area contributed by atoms with E-state index in [0.29, 0.717) is 43.9 Å². The molecule has 3 fully saturated rings. The van der Waals surface area contributed by atoms with Gasteiger partial charge in [-0.2, -0.15) is 0 Å². The van der Waals surface area contributed by atoms with Gasteiger partial charge in [0, 0.05) is 31.7 Å². The van der Waals surface area contributed by atoms with Crippen molar-refractivity contribution in [2.45, 2.75) is 84.6 Å². The molecule has 25 heavy (non-hydrogen) atoms. The molecular formula is C20H33NO4. The second-order valence-corrected chi connectivity index (χ2v) is 8.54. The van der Waals surface area contributed by atoms with Crippen molar-refractivity contribution in [3.63, 3.8) is 0 Å². The summed E-state index contributed by atoms with van der Waals surface area (Å²) in [6.07, 6.45) is 5.86. The Morgan fingerprint density at radius 1 is 1.08 bits per heavy atom. The number of Topliss-reactive ketones (excluding diaryl/α,β-unsaturated/α-hetero) is 1. The predicted octanol–water partition coefficient (Wildman–Crippen LogP) is 3.56. The quantitative estimate of drug-likeness (QED) is 0.590. The fourth-order valence-corrected chi connectivity index (χ4v) is 4.81. The highest BCUT2D eigenvalue weighted by Crippen LogP contribution is 2.61. The molecule has 142 valence electrons. The van der Waals surface area contributed by atoms with Crippen molar-refractivity contribution in [2.75, 3.05) is 0 Å². The number of hydrogen-bond acceptors (Lipinski definition) is 3. The second kappa shape index (κ2) is 8.33. The van der Waals surface area contributed by atoms with E-state index in [0.717, 1.165) is 19.3 Å². The van der Waals surface area contributed by atoms with E-state index in [4.69, 9.17) is 5.11 Å². The van der Waals surface area contributed by atoms with Crippen LogP contribution in [0, 0.1) is 23.2 Å². The number of aliphatic carboxylic acids is 1. The number of unbranched alkanes of at least 4 members (excludes halogenated alkanes) is 1. The zero-order valence-corrected chi connectivity index (χ0v) is 15.8. The van der Waals surface area contributed by atoms with Crippen molar-refractivity contribution >= 4 is 17.7 Å². The lowest BCUT2D eigenvalue weighted by molar-refractivity contribution is -0.141. The molecule has 2 N–H and O–H groups in total. The van der Waals surface area contributed by atoms with Gasteiger partial charge in [-0.25, -0.2) is 0 Å². The summed E-state index contributed by atoms with van der Waals surface area (Å²) in [5.74, 6) is 0.876. The number of amides is 1. The minimum atomic E-state index is -0.805. The van der Waals surface area contributed by atoms with Gasteiger partial charge in [-0.3, -0.25) is 14.4 Å². The molecule has 3 saturated carbocycles. The summed E-state index contributed by atoms with van der Waals surface area (Å²) in [6, 6.07) is 0.113. The van der Waals surface area contributed by atoms with Gasteiger partial charge in [0.2, 0.25) is 5.91 Å². The molecule has 3 aliphatic carbocycles. The highest BCUT2D eigenvalue weighted by molar-refractivity contribution is 5.79. The van der Waals surface area contributed by atoms with E-state index in [1.165, 1.54) is 0 Å². The van der Waals surface area contributed by atoms with Gasteiger partial charge in [0.25, 0.3) is 0 Å². The van der Waals surface area contributed by atoms with Crippen molar-refractivity contribution < 1.29 is 19.5 Å². The van der Waals surface area contributed by atoms with Gasteiger partial charge in [0.05, 0.1) is 0 Å². The molecule has 1 amide bonds. The van der Waals surface area contributed by atoms with Crippen molar-refractivity contribution in [3.8, 4) is 0 Å². The van der Waals surface area contributed by atoms with Crippen LogP contribution in [0.25, 0.3) is 0 Å². The van der Waals surface area contributed by atoms with E-state index in [1.54, 1.807) is 0 Å². The topological polar surface area (TPSA) is 83.5 Å². The smallest absolute Gasteiger partial charge is 0.303 e. The second-order valence-electron chi connectivity index (χ2n) is 8.54. The first-order valence-corrected chi connectivity index (χ1v) is 9.78. The molecule has 0 aromatic carbocycles. The van der Waals surface area contributed by atoms with Crippen LogP contribution in [-0.4, -0.2) is 28.8 Å². The summed E-state index contributed by atoms with van der Waals surface area (Å²) in [4.78, 5) is 35.0. The van der Waals surface area contributed by atoms with E-state index in [-0.39, 0.29) is 35.5 Å². The summed E-state index contributed by atoms with van der Waals surface area (Å²) in [7, 11) is 0. The average Bonchev–Trinajstić information content (AvgIpc) is 2.52. The number of carbonyl (C=O) groups excluding carboxylic acids is 2. The number of rotatable bonds is 10. The summed E-state index contributed by atoms with van der Waals surface area (Å²) >= 11 is 0. The number of carbonyl (C=O) groups is 3. The average molecular weight is 351 g/mol. The van der Waals surface area contributed by atoms with E-state index in [2.05, 4.69) is 19.2 Å². The maximum atomic E-state index is 12.3. The maximum absolute atomic E-state index is 12.3. The summed E-state index contributed by atoms with van der Waals surface area (Å²) < 4.78 is 0. The van der Waals surface area contributed by atoms with Gasteiger partial charge in [0.15, 0.2) is 0 Å². The van der Waals surface area contributed by atoms with Crippen LogP contribution >= 0.6 is 0 Å². The fourth-order valence-electron chi connectivity index (χ4n) is 4.81. The third kappa shape index (κ3) is 4.83. The zero-order valence-electron chi connectivity index (χ0n) is 15.8. The Hall–Kier alpha value is -1.39. The highest BCUT2D eigenvalue weighted by atomic mass is 16.4. The predicted molar refractivity (Wildman–Crippen MR) is 96.1 cm³/mol. The molecule has 0 saturated heterocycles. The molecule has 0 radical (unpaired) electrons. The molecule has 0 aromatic heterocycles. The van der Waals surface area contributed by atoms with Crippen molar-refractivity contribution in [2.24, 2.45) is 23.2 Å². The number of hydrogen-bond donors (Lipinski definition) is 2. The van der Waals surface area contributed by atoms with Crippen LogP contribution in [0.15, 0.2) is 0 Å². The van der Waals surface area contributed by atoms with Crippen molar-refractivity contribution in [1.82, 2.24) is 5.32 Å². The Labute approximate surface area is 150 Å². The lowest BCUT2D eigenvalue weighted by Crippen LogP contribution is -2.63. The number of carboxylic acids is 1. The molecule has 0 spiro atoms. The maximum Gasteiger partial charge on any atom is 0.303 e. The lowest BCUT2D eigenvalue weighted by atomic mass is 9.44. The Bertz CT molecular complexity index is 514. The van der Waals surface area contributed by atoms with Gasteiger partial charge in [-0.05, 0) is 55.3 Å². The van der Waals surface area contributed by atoms with Crippen molar-refractivity contribution in [3.05, 3.63) is 0 Å². The van der Waals surface area contributed by atoms with Crippen LogP contribution in [0.5, 0.6) is 0 Å². The van der Waals surface area contributed by atoms with E-state index >= 15 is 0 Å². The normalized spacial score (nSPS) is 29.6. The largest absolute Gasteiger partial charge is 0.481 e. The number of carboxylic acid groups (broad SMARTS) is 1. The number of fused-ring (bicyclic) bond motifs is 2. The number of ketones is 1. The summed E-state index contributed by atoms with van der Waals surface area (Å²) in [6.45, 7) is 6.57. The SMILES string of the molecule is CCCC(=O)NC1C(CC(=O)CCCCC(=O)O)CC2CC1C2(C)C. The first-order valence-electron chi connectivity index (χ1n) is 9.78. The van der Waals surface area contributed by atoms with E-state index in [1.807, 2.05) is 6.92 Å². The third-order valence-corrected chi connectivity index (χ3v) is 6.47. The third-order valence-electron chi connectivity index (χ3n) is 6.47. The molecular weight excluding hydrogens is 318 g/mol. The van der Waals surface area contributed by atoms with E-state index in [9.17, 15) is 14.4 Å². The molecule has 0 aliphatic heterocycles. The van der Waals surface area contributed by atoms with Gasteiger partial charge in [-0.1, -0.05) is 20.8 Å². The van der Waals surface area contributed by atoms with Crippen LogP contribution in [0.2, 0.25) is 0 Å². The van der Waals surface area contributed by atoms with Gasteiger partial charge >= 0.3 is 5.97 Å². The lowest BCUT2D eigenvalue weighted by Gasteiger charge is -2.62. The monoisotopic (exact) mass is 351 g/mol.